The molecule has 0 amide bonds. The van der Waals surface area contributed by atoms with Gasteiger partial charge in [-0.05, 0) is 44.0 Å². The molecule has 1 fully saturated rings. The van der Waals surface area contributed by atoms with Gasteiger partial charge in [-0.15, -0.1) is 0 Å². The van der Waals surface area contributed by atoms with Crippen LogP contribution in [0.3, 0.4) is 0 Å². The van der Waals surface area contributed by atoms with Crippen LogP contribution in [0.5, 0.6) is 0 Å². The number of anilines is 1. The average molecular weight is 247 g/mol. The van der Waals surface area contributed by atoms with Gasteiger partial charge in [-0.1, -0.05) is 26.3 Å². The van der Waals surface area contributed by atoms with Crippen molar-refractivity contribution in [3.8, 4) is 0 Å². The van der Waals surface area contributed by atoms with Crippen molar-refractivity contribution >= 4 is 5.82 Å². The first-order chi connectivity index (χ1) is 8.85. The fourth-order valence-electron chi connectivity index (χ4n) is 2.71. The molecule has 0 bridgehead atoms. The minimum absolute atomic E-state index is 0.580. The van der Waals surface area contributed by atoms with Crippen LogP contribution in [0.2, 0.25) is 0 Å². The molecular formula is C15H25N3. The lowest BCUT2D eigenvalue weighted by Crippen LogP contribution is -2.33. The molecule has 3 nitrogen and oxygen atoms in total. The van der Waals surface area contributed by atoms with Crippen molar-refractivity contribution in [2.45, 2.75) is 45.6 Å². The molecule has 0 saturated carbocycles. The smallest absolute Gasteiger partial charge is 0.125 e. The molecule has 0 spiro atoms. The minimum atomic E-state index is 0.580. The second kappa shape index (κ2) is 6.74. The number of piperidine rings is 1. The van der Waals surface area contributed by atoms with Gasteiger partial charge in [0.15, 0.2) is 0 Å². The van der Waals surface area contributed by atoms with Gasteiger partial charge in [-0.25, -0.2) is 4.98 Å². The molecule has 3 heteroatoms. The molecule has 2 rings (SSSR count). The Morgan fingerprint density at radius 3 is 2.89 bits per heavy atom. The van der Waals surface area contributed by atoms with Crippen LogP contribution >= 0.6 is 0 Å². The third kappa shape index (κ3) is 3.22. The van der Waals surface area contributed by atoms with Gasteiger partial charge in [-0.3, -0.25) is 4.90 Å². The highest BCUT2D eigenvalue weighted by Gasteiger charge is 2.22. The molecule has 2 heterocycles. The summed E-state index contributed by atoms with van der Waals surface area (Å²) >= 11 is 0. The lowest BCUT2D eigenvalue weighted by Gasteiger charge is -2.35. The number of hydrogen-bond acceptors (Lipinski definition) is 3. The van der Waals surface area contributed by atoms with E-state index in [9.17, 15) is 0 Å². The second-order valence-corrected chi connectivity index (χ2v) is 5.04. The summed E-state index contributed by atoms with van der Waals surface area (Å²) in [5.74, 6) is 0.999. The summed E-state index contributed by atoms with van der Waals surface area (Å²) < 4.78 is 0. The number of pyridine rings is 1. The molecule has 18 heavy (non-hydrogen) atoms. The van der Waals surface area contributed by atoms with Gasteiger partial charge >= 0.3 is 0 Å². The molecule has 1 aliphatic heterocycles. The van der Waals surface area contributed by atoms with Crippen molar-refractivity contribution in [3.05, 3.63) is 23.9 Å². The lowest BCUT2D eigenvalue weighted by atomic mass is 9.96. The topological polar surface area (TPSA) is 28.2 Å². The van der Waals surface area contributed by atoms with E-state index in [2.05, 4.69) is 47.4 Å². The summed E-state index contributed by atoms with van der Waals surface area (Å²) in [6, 6.07) is 4.94. The van der Waals surface area contributed by atoms with Crippen molar-refractivity contribution in [1.82, 2.24) is 9.88 Å². The standard InChI is InChI=1S/C15H25N3/c1-3-10-16-15-9-8-13(12-17-15)14-7-5-6-11-18(14)4-2/h8-9,12,14H,3-7,10-11H2,1-2H3,(H,16,17). The fourth-order valence-corrected chi connectivity index (χ4v) is 2.71. The molecule has 0 aliphatic carbocycles. The van der Waals surface area contributed by atoms with Gasteiger partial charge in [0.25, 0.3) is 0 Å². The molecule has 1 saturated heterocycles. The Balaban J connectivity index is 2.03. The summed E-state index contributed by atoms with van der Waals surface area (Å²) in [6.45, 7) is 7.79. The molecule has 1 aliphatic rings. The summed E-state index contributed by atoms with van der Waals surface area (Å²) in [5, 5.41) is 3.32. The van der Waals surface area contributed by atoms with Crippen LogP contribution < -0.4 is 5.32 Å². The quantitative estimate of drug-likeness (QED) is 0.863. The Morgan fingerprint density at radius 1 is 1.33 bits per heavy atom. The number of nitrogens with zero attached hydrogens (tertiary/aromatic N) is 2. The van der Waals surface area contributed by atoms with Crippen molar-refractivity contribution in [2.75, 3.05) is 25.0 Å². The lowest BCUT2D eigenvalue weighted by molar-refractivity contribution is 0.157. The maximum atomic E-state index is 4.52. The van der Waals surface area contributed by atoms with Gasteiger partial charge in [0, 0.05) is 18.8 Å². The van der Waals surface area contributed by atoms with E-state index in [4.69, 9.17) is 0 Å². The maximum absolute atomic E-state index is 4.52. The summed E-state index contributed by atoms with van der Waals surface area (Å²) in [7, 11) is 0. The first-order valence-electron chi connectivity index (χ1n) is 7.29. The molecule has 1 aromatic rings. The third-order valence-corrected chi connectivity index (χ3v) is 3.75. The van der Waals surface area contributed by atoms with Gasteiger partial charge in [0.1, 0.15) is 5.82 Å². The third-order valence-electron chi connectivity index (χ3n) is 3.75. The SMILES string of the molecule is CCCNc1ccc(C2CCCCN2CC)cn1. The summed E-state index contributed by atoms with van der Waals surface area (Å²) in [6.07, 6.45) is 7.15. The molecule has 1 aromatic heterocycles. The van der Waals surface area contributed by atoms with Crippen LogP contribution in [-0.2, 0) is 0 Å². The summed E-state index contributed by atoms with van der Waals surface area (Å²) in [4.78, 5) is 7.09. The normalized spacial score (nSPS) is 20.9. The van der Waals surface area contributed by atoms with E-state index in [0.29, 0.717) is 6.04 Å². The van der Waals surface area contributed by atoms with E-state index in [1.54, 1.807) is 0 Å². The zero-order valence-corrected chi connectivity index (χ0v) is 11.7. The zero-order chi connectivity index (χ0) is 12.8. The molecule has 1 atom stereocenters. The predicted molar refractivity (Wildman–Crippen MR) is 76.9 cm³/mol. The average Bonchev–Trinajstić information content (AvgIpc) is 2.45. The van der Waals surface area contributed by atoms with Crippen LogP contribution in [0.4, 0.5) is 5.82 Å². The second-order valence-electron chi connectivity index (χ2n) is 5.04. The number of rotatable bonds is 5. The van der Waals surface area contributed by atoms with E-state index in [1.807, 2.05) is 0 Å². The number of aromatic nitrogens is 1. The Morgan fingerprint density at radius 2 is 2.22 bits per heavy atom. The first kappa shape index (κ1) is 13.3. The van der Waals surface area contributed by atoms with Crippen LogP contribution in [0.1, 0.15) is 51.1 Å². The van der Waals surface area contributed by atoms with Gasteiger partial charge in [0.2, 0.25) is 0 Å². The number of likely N-dealkylation sites (tertiary alicyclic amines) is 1. The molecule has 0 aromatic carbocycles. The van der Waals surface area contributed by atoms with E-state index in [-0.39, 0.29) is 0 Å². The molecule has 0 radical (unpaired) electrons. The van der Waals surface area contributed by atoms with Crippen LogP contribution in [-0.4, -0.2) is 29.5 Å². The molecule has 100 valence electrons. The maximum Gasteiger partial charge on any atom is 0.125 e. The highest BCUT2D eigenvalue weighted by atomic mass is 15.2. The van der Waals surface area contributed by atoms with Gasteiger partial charge in [-0.2, -0.15) is 0 Å². The van der Waals surface area contributed by atoms with Gasteiger partial charge in [0.05, 0.1) is 0 Å². The molecular weight excluding hydrogens is 222 g/mol. The molecule has 1 N–H and O–H groups in total. The van der Waals surface area contributed by atoms with Crippen LogP contribution in [0.25, 0.3) is 0 Å². The minimum Gasteiger partial charge on any atom is -0.370 e. The first-order valence-corrected chi connectivity index (χ1v) is 7.29. The van der Waals surface area contributed by atoms with E-state index in [1.165, 1.54) is 31.4 Å². The highest BCUT2D eigenvalue weighted by Crippen LogP contribution is 2.30. The Kier molecular flexibility index (Phi) is 5.00. The predicted octanol–water partition coefficient (Wildman–Crippen LogP) is 3.45. The van der Waals surface area contributed by atoms with E-state index in [0.717, 1.165) is 25.3 Å². The Bertz CT molecular complexity index is 347. The molecule has 1 unspecified atom stereocenters. The van der Waals surface area contributed by atoms with E-state index < -0.39 is 0 Å². The Hall–Kier alpha value is -1.09. The Labute approximate surface area is 111 Å². The van der Waals surface area contributed by atoms with Crippen molar-refractivity contribution in [1.29, 1.82) is 0 Å². The number of nitrogens with one attached hydrogen (secondary N) is 1. The van der Waals surface area contributed by atoms with Crippen molar-refractivity contribution < 1.29 is 0 Å². The monoisotopic (exact) mass is 247 g/mol. The highest BCUT2D eigenvalue weighted by molar-refractivity contribution is 5.36. The van der Waals surface area contributed by atoms with Gasteiger partial charge < -0.3 is 5.32 Å². The van der Waals surface area contributed by atoms with Crippen LogP contribution in [0.15, 0.2) is 18.3 Å². The van der Waals surface area contributed by atoms with Crippen LogP contribution in [0, 0.1) is 0 Å². The summed E-state index contributed by atoms with van der Waals surface area (Å²) in [5.41, 5.74) is 1.37. The van der Waals surface area contributed by atoms with Crippen molar-refractivity contribution in [2.24, 2.45) is 0 Å². The zero-order valence-electron chi connectivity index (χ0n) is 11.7. The van der Waals surface area contributed by atoms with Crippen molar-refractivity contribution in [3.63, 3.8) is 0 Å². The number of hydrogen-bond donors (Lipinski definition) is 1. The fraction of sp³-hybridized carbons (Fsp3) is 0.667. The van der Waals surface area contributed by atoms with E-state index >= 15 is 0 Å². The largest absolute Gasteiger partial charge is 0.370 e.